The second kappa shape index (κ2) is 11.4. The number of hydrogen-bond acceptors (Lipinski definition) is 5. The Kier molecular flexibility index (Phi) is 9.06. The zero-order valence-corrected chi connectivity index (χ0v) is 21.0. The lowest BCUT2D eigenvalue weighted by Gasteiger charge is -2.43. The van der Waals surface area contributed by atoms with E-state index in [0.717, 1.165) is 24.8 Å². The van der Waals surface area contributed by atoms with Crippen LogP contribution < -0.4 is 16.4 Å². The molecule has 34 heavy (non-hydrogen) atoms. The van der Waals surface area contributed by atoms with E-state index in [0.29, 0.717) is 5.56 Å². The van der Waals surface area contributed by atoms with E-state index >= 15 is 0 Å². The fourth-order valence-corrected chi connectivity index (χ4v) is 3.76. The second-order valence-corrected chi connectivity index (χ2v) is 10.2. The number of rotatable bonds is 9. The Labute approximate surface area is 201 Å². The van der Waals surface area contributed by atoms with Crippen LogP contribution in [0.25, 0.3) is 0 Å². The van der Waals surface area contributed by atoms with Crippen molar-refractivity contribution < 1.29 is 23.9 Å². The van der Waals surface area contributed by atoms with Gasteiger partial charge < -0.3 is 26.0 Å². The molecule has 9 nitrogen and oxygen atoms in total. The summed E-state index contributed by atoms with van der Waals surface area (Å²) < 4.78 is 5.29. The molecule has 2 rings (SSSR count). The van der Waals surface area contributed by atoms with E-state index in [4.69, 9.17) is 10.5 Å². The summed E-state index contributed by atoms with van der Waals surface area (Å²) in [6.45, 7) is 10.7. The number of nitrogens with zero attached hydrogens (tertiary/aromatic N) is 1. The molecule has 0 saturated heterocycles. The Balaban J connectivity index is 2.47. The van der Waals surface area contributed by atoms with Crippen LogP contribution in [0.3, 0.4) is 0 Å². The highest BCUT2D eigenvalue weighted by Crippen LogP contribution is 2.34. The lowest BCUT2D eigenvalue weighted by molar-refractivity contribution is -0.148. The van der Waals surface area contributed by atoms with Crippen LogP contribution >= 0.6 is 0 Å². The van der Waals surface area contributed by atoms with Gasteiger partial charge in [-0.3, -0.25) is 14.4 Å². The van der Waals surface area contributed by atoms with Crippen molar-refractivity contribution in [3.63, 3.8) is 0 Å². The number of amides is 4. The molecule has 0 aromatic heterocycles. The molecule has 0 spiro atoms. The van der Waals surface area contributed by atoms with Crippen LogP contribution in [0, 0.1) is 6.92 Å². The first kappa shape index (κ1) is 27.1. The molecule has 188 valence electrons. The molecule has 1 fully saturated rings. The van der Waals surface area contributed by atoms with Gasteiger partial charge >= 0.3 is 6.09 Å². The van der Waals surface area contributed by atoms with Gasteiger partial charge in [-0.25, -0.2) is 4.79 Å². The maximum atomic E-state index is 13.9. The van der Waals surface area contributed by atoms with Crippen LogP contribution in [-0.2, 0) is 19.1 Å². The normalized spacial score (nSPS) is 15.6. The van der Waals surface area contributed by atoms with Crippen molar-refractivity contribution in [2.75, 3.05) is 0 Å². The van der Waals surface area contributed by atoms with Crippen LogP contribution in [0.15, 0.2) is 24.3 Å². The van der Waals surface area contributed by atoms with E-state index in [1.165, 1.54) is 4.90 Å². The van der Waals surface area contributed by atoms with Crippen LogP contribution in [0.4, 0.5) is 4.79 Å². The summed E-state index contributed by atoms with van der Waals surface area (Å²) in [6.07, 6.45) is 1.12. The number of ether oxygens (including phenoxy) is 1. The minimum Gasteiger partial charge on any atom is -0.444 e. The Bertz CT molecular complexity index is 888. The number of nitrogens with one attached hydrogen (secondary N) is 2. The number of aryl methyl sites for hydroxylation is 1. The maximum absolute atomic E-state index is 13.9. The number of carbonyl (C=O) groups is 4. The second-order valence-electron chi connectivity index (χ2n) is 10.2. The van der Waals surface area contributed by atoms with E-state index < -0.39 is 42.0 Å². The van der Waals surface area contributed by atoms with Gasteiger partial charge in [-0.05, 0) is 66.4 Å². The molecule has 0 aliphatic heterocycles. The average Bonchev–Trinajstić information content (AvgIpc) is 2.64. The maximum Gasteiger partial charge on any atom is 0.408 e. The number of primary amides is 1. The highest BCUT2D eigenvalue weighted by Gasteiger charge is 2.42. The number of benzene rings is 1. The summed E-state index contributed by atoms with van der Waals surface area (Å²) in [5.41, 5.74) is 6.29. The largest absolute Gasteiger partial charge is 0.444 e. The summed E-state index contributed by atoms with van der Waals surface area (Å²) >= 11 is 0. The van der Waals surface area contributed by atoms with Crippen molar-refractivity contribution in [3.05, 3.63) is 35.4 Å². The molecular weight excluding hydrogens is 436 g/mol. The molecule has 0 heterocycles. The van der Waals surface area contributed by atoms with Crippen LogP contribution in [0.2, 0.25) is 0 Å². The number of carbonyl (C=O) groups excluding carboxylic acids is 4. The summed E-state index contributed by atoms with van der Waals surface area (Å²) in [5.74, 6) is -1.62. The summed E-state index contributed by atoms with van der Waals surface area (Å²) in [4.78, 5) is 53.0. The first-order valence-corrected chi connectivity index (χ1v) is 11.8. The van der Waals surface area contributed by atoms with Crippen molar-refractivity contribution in [3.8, 4) is 0 Å². The Morgan fingerprint density at radius 2 is 1.68 bits per heavy atom. The standard InChI is InChI=1S/C25H38N4O5/c1-15(2)27-22(31)21(17-12-10-16(3)11-13-17)29(18-8-7-9-18)23(32)19(14-20(26)30)28-24(33)34-25(4,5)6/h10-13,15,18-19,21H,7-9,14H2,1-6H3,(H2,26,30)(H,27,31)(H,28,33). The summed E-state index contributed by atoms with van der Waals surface area (Å²) in [6, 6.07) is 4.90. The molecule has 1 saturated carbocycles. The fourth-order valence-electron chi connectivity index (χ4n) is 3.76. The van der Waals surface area contributed by atoms with Crippen molar-refractivity contribution in [2.24, 2.45) is 5.73 Å². The third-order valence-electron chi connectivity index (χ3n) is 5.47. The van der Waals surface area contributed by atoms with E-state index in [2.05, 4.69) is 10.6 Å². The third-order valence-corrected chi connectivity index (χ3v) is 5.47. The lowest BCUT2D eigenvalue weighted by atomic mass is 9.87. The van der Waals surface area contributed by atoms with Gasteiger partial charge in [0.2, 0.25) is 17.7 Å². The number of hydrogen-bond donors (Lipinski definition) is 3. The van der Waals surface area contributed by atoms with Crippen molar-refractivity contribution in [1.29, 1.82) is 0 Å². The van der Waals surface area contributed by atoms with Gasteiger partial charge in [0.1, 0.15) is 17.7 Å². The van der Waals surface area contributed by atoms with Gasteiger partial charge in [-0.15, -0.1) is 0 Å². The van der Waals surface area contributed by atoms with Crippen molar-refractivity contribution in [2.45, 2.75) is 97.0 Å². The average molecular weight is 475 g/mol. The Morgan fingerprint density at radius 3 is 2.12 bits per heavy atom. The first-order valence-electron chi connectivity index (χ1n) is 11.8. The van der Waals surface area contributed by atoms with E-state index in [1.807, 2.05) is 45.0 Å². The molecule has 2 unspecified atom stereocenters. The molecule has 4 amide bonds. The van der Waals surface area contributed by atoms with Crippen LogP contribution in [-0.4, -0.2) is 52.4 Å². The van der Waals surface area contributed by atoms with Crippen molar-refractivity contribution in [1.82, 2.24) is 15.5 Å². The monoisotopic (exact) mass is 474 g/mol. The van der Waals surface area contributed by atoms with Crippen LogP contribution in [0.5, 0.6) is 0 Å². The summed E-state index contributed by atoms with van der Waals surface area (Å²) in [7, 11) is 0. The fraction of sp³-hybridized carbons (Fsp3) is 0.600. The molecular formula is C25H38N4O5. The van der Waals surface area contributed by atoms with E-state index in [-0.39, 0.29) is 18.0 Å². The number of nitrogens with two attached hydrogens (primary N) is 1. The molecule has 0 bridgehead atoms. The number of alkyl carbamates (subject to hydrolysis) is 1. The highest BCUT2D eigenvalue weighted by molar-refractivity contribution is 5.94. The Hall–Kier alpha value is -3.10. The minimum atomic E-state index is -1.26. The van der Waals surface area contributed by atoms with E-state index in [1.54, 1.807) is 20.8 Å². The van der Waals surface area contributed by atoms with Gasteiger partial charge in [0.05, 0.1) is 6.42 Å². The predicted octanol–water partition coefficient (Wildman–Crippen LogP) is 2.71. The zero-order chi connectivity index (χ0) is 25.6. The quantitative estimate of drug-likeness (QED) is 0.506. The molecule has 2 atom stereocenters. The minimum absolute atomic E-state index is 0.139. The smallest absolute Gasteiger partial charge is 0.408 e. The lowest BCUT2D eigenvalue weighted by Crippen LogP contribution is -2.58. The molecule has 0 radical (unpaired) electrons. The summed E-state index contributed by atoms with van der Waals surface area (Å²) in [5, 5.41) is 5.41. The molecule has 4 N–H and O–H groups in total. The molecule has 1 aromatic carbocycles. The SMILES string of the molecule is Cc1ccc(C(C(=O)NC(C)C)N(C(=O)C(CC(N)=O)NC(=O)OC(C)(C)C)C2CCC2)cc1. The van der Waals surface area contributed by atoms with Crippen molar-refractivity contribution >= 4 is 23.8 Å². The van der Waals surface area contributed by atoms with Gasteiger partial charge in [0.15, 0.2) is 0 Å². The molecule has 1 aliphatic carbocycles. The molecule has 1 aliphatic rings. The highest BCUT2D eigenvalue weighted by atomic mass is 16.6. The van der Waals surface area contributed by atoms with Crippen LogP contribution in [0.1, 0.15) is 77.5 Å². The van der Waals surface area contributed by atoms with Gasteiger partial charge in [-0.2, -0.15) is 0 Å². The van der Waals surface area contributed by atoms with E-state index in [9.17, 15) is 19.2 Å². The van der Waals surface area contributed by atoms with Gasteiger partial charge in [0.25, 0.3) is 0 Å². The predicted molar refractivity (Wildman–Crippen MR) is 129 cm³/mol. The first-order chi connectivity index (χ1) is 15.8. The topological polar surface area (TPSA) is 131 Å². The van der Waals surface area contributed by atoms with Gasteiger partial charge in [0, 0.05) is 12.1 Å². The Morgan fingerprint density at radius 1 is 1.09 bits per heavy atom. The molecule has 9 heteroatoms. The third kappa shape index (κ3) is 7.74. The molecule has 1 aromatic rings. The van der Waals surface area contributed by atoms with Gasteiger partial charge in [-0.1, -0.05) is 29.8 Å². The zero-order valence-electron chi connectivity index (χ0n) is 21.0.